The molecule has 6 nitrogen and oxygen atoms in total. The molecule has 2 aromatic carbocycles. The summed E-state index contributed by atoms with van der Waals surface area (Å²) in [6.45, 7) is 3.02. The molecule has 7 heteroatoms. The lowest BCUT2D eigenvalue weighted by atomic mass is 10.1. The monoisotopic (exact) mass is 384 g/mol. The Morgan fingerprint density at radius 2 is 1.79 bits per heavy atom. The highest BCUT2D eigenvalue weighted by Gasteiger charge is 2.09. The zero-order chi connectivity index (χ0) is 20.5. The third kappa shape index (κ3) is 6.35. The molecule has 0 atom stereocenters. The van der Waals surface area contributed by atoms with Crippen molar-refractivity contribution in [3.63, 3.8) is 0 Å². The second-order valence-corrected chi connectivity index (χ2v) is 6.03. The first-order valence-corrected chi connectivity index (χ1v) is 8.59. The Morgan fingerprint density at radius 1 is 1.04 bits per heavy atom. The van der Waals surface area contributed by atoms with Gasteiger partial charge in [-0.25, -0.2) is 9.18 Å². The van der Waals surface area contributed by atoms with Crippen molar-refractivity contribution in [1.29, 1.82) is 0 Å². The number of hydrogen-bond acceptors (Lipinski definition) is 4. The van der Waals surface area contributed by atoms with Gasteiger partial charge in [0.15, 0.2) is 6.61 Å². The minimum absolute atomic E-state index is 0.229. The van der Waals surface area contributed by atoms with Crippen molar-refractivity contribution in [1.82, 2.24) is 5.32 Å². The van der Waals surface area contributed by atoms with Crippen molar-refractivity contribution in [2.45, 2.75) is 13.8 Å². The van der Waals surface area contributed by atoms with Crippen molar-refractivity contribution < 1.29 is 23.5 Å². The lowest BCUT2D eigenvalue weighted by molar-refractivity contribution is -0.143. The van der Waals surface area contributed by atoms with Gasteiger partial charge in [0.05, 0.1) is 6.54 Å². The number of ether oxygens (including phenoxy) is 1. The van der Waals surface area contributed by atoms with E-state index in [-0.39, 0.29) is 12.1 Å². The van der Waals surface area contributed by atoms with Gasteiger partial charge in [-0.3, -0.25) is 9.59 Å². The Morgan fingerprint density at radius 3 is 2.54 bits per heavy atom. The summed E-state index contributed by atoms with van der Waals surface area (Å²) in [6, 6.07) is 11.5. The Bertz CT molecular complexity index is 909. The van der Waals surface area contributed by atoms with Gasteiger partial charge in [-0.05, 0) is 43.2 Å². The van der Waals surface area contributed by atoms with E-state index in [2.05, 4.69) is 10.6 Å². The standard InChI is InChI=1S/C21H21FN2O4/c1-14-6-5-9-18(15(14)2)24-19(25)12-23-20(26)13-28-21(27)11-10-16-7-3-4-8-17(16)22/h3-11H,12-13H2,1-2H3,(H,23,26)(H,24,25)/b11-10+. The molecule has 0 unspecified atom stereocenters. The van der Waals surface area contributed by atoms with Gasteiger partial charge in [-0.1, -0.05) is 30.3 Å². The predicted molar refractivity (Wildman–Crippen MR) is 104 cm³/mol. The van der Waals surface area contributed by atoms with Gasteiger partial charge in [-0.2, -0.15) is 0 Å². The van der Waals surface area contributed by atoms with Crippen LogP contribution in [-0.2, 0) is 19.1 Å². The first kappa shape index (κ1) is 20.8. The van der Waals surface area contributed by atoms with Crippen molar-refractivity contribution in [2.24, 2.45) is 0 Å². The highest BCUT2D eigenvalue weighted by atomic mass is 19.1. The summed E-state index contributed by atoms with van der Waals surface area (Å²) in [5, 5.41) is 5.07. The minimum atomic E-state index is -0.793. The van der Waals surface area contributed by atoms with Crippen molar-refractivity contribution in [3.8, 4) is 0 Å². The average molecular weight is 384 g/mol. The molecule has 2 N–H and O–H groups in total. The second kappa shape index (κ2) is 10.0. The highest BCUT2D eigenvalue weighted by Crippen LogP contribution is 2.17. The number of hydrogen-bond donors (Lipinski definition) is 2. The molecule has 0 fully saturated rings. The summed E-state index contributed by atoms with van der Waals surface area (Å²) in [5.41, 5.74) is 2.88. The van der Waals surface area contributed by atoms with Gasteiger partial charge in [0, 0.05) is 17.3 Å². The maximum absolute atomic E-state index is 13.4. The smallest absolute Gasteiger partial charge is 0.331 e. The van der Waals surface area contributed by atoms with Crippen LogP contribution in [0.4, 0.5) is 10.1 Å². The summed E-state index contributed by atoms with van der Waals surface area (Å²) >= 11 is 0. The largest absolute Gasteiger partial charge is 0.452 e. The Balaban J connectivity index is 1.73. The zero-order valence-corrected chi connectivity index (χ0v) is 15.6. The summed E-state index contributed by atoms with van der Waals surface area (Å²) in [6.07, 6.45) is 2.28. The molecule has 0 radical (unpaired) electrons. The number of carbonyl (C=O) groups is 3. The van der Waals surface area contributed by atoms with E-state index in [0.717, 1.165) is 17.2 Å². The van der Waals surface area contributed by atoms with Gasteiger partial charge in [0.1, 0.15) is 5.82 Å². The minimum Gasteiger partial charge on any atom is -0.452 e. The van der Waals surface area contributed by atoms with Crippen LogP contribution in [-0.4, -0.2) is 30.9 Å². The topological polar surface area (TPSA) is 84.5 Å². The predicted octanol–water partition coefficient (Wildman–Crippen LogP) is 2.75. The van der Waals surface area contributed by atoms with Crippen LogP contribution in [0.25, 0.3) is 6.08 Å². The van der Waals surface area contributed by atoms with E-state index < -0.39 is 30.2 Å². The molecular formula is C21H21FN2O4. The van der Waals surface area contributed by atoms with Crippen molar-refractivity contribution >= 4 is 29.5 Å². The molecule has 2 aromatic rings. The molecule has 0 spiro atoms. The Labute approximate surface area is 162 Å². The third-order valence-corrected chi connectivity index (χ3v) is 3.97. The van der Waals surface area contributed by atoms with Crippen LogP contribution < -0.4 is 10.6 Å². The summed E-state index contributed by atoms with van der Waals surface area (Å²) in [7, 11) is 0. The Kier molecular flexibility index (Phi) is 7.45. The fourth-order valence-corrected chi connectivity index (χ4v) is 2.26. The lowest BCUT2D eigenvalue weighted by Crippen LogP contribution is -2.35. The van der Waals surface area contributed by atoms with E-state index in [1.165, 1.54) is 24.3 Å². The zero-order valence-electron chi connectivity index (χ0n) is 15.6. The van der Waals surface area contributed by atoms with Crippen LogP contribution in [0.1, 0.15) is 16.7 Å². The van der Waals surface area contributed by atoms with Crippen LogP contribution >= 0.6 is 0 Å². The second-order valence-electron chi connectivity index (χ2n) is 6.03. The number of anilines is 1. The lowest BCUT2D eigenvalue weighted by Gasteiger charge is -2.11. The number of halogens is 1. The molecule has 0 saturated carbocycles. The third-order valence-electron chi connectivity index (χ3n) is 3.97. The molecule has 0 aliphatic rings. The van der Waals surface area contributed by atoms with Gasteiger partial charge in [0.25, 0.3) is 5.91 Å². The molecule has 2 amide bonds. The van der Waals surface area contributed by atoms with E-state index >= 15 is 0 Å². The van der Waals surface area contributed by atoms with Crippen LogP contribution in [0.15, 0.2) is 48.5 Å². The molecule has 146 valence electrons. The number of benzene rings is 2. The molecular weight excluding hydrogens is 363 g/mol. The van der Waals surface area contributed by atoms with E-state index in [1.807, 2.05) is 26.0 Å². The highest BCUT2D eigenvalue weighted by molar-refractivity contribution is 5.95. The van der Waals surface area contributed by atoms with Crippen molar-refractivity contribution in [2.75, 3.05) is 18.5 Å². The first-order chi connectivity index (χ1) is 13.4. The average Bonchev–Trinajstić information content (AvgIpc) is 2.67. The van der Waals surface area contributed by atoms with E-state index in [1.54, 1.807) is 12.1 Å². The molecule has 2 rings (SSSR count). The maximum Gasteiger partial charge on any atom is 0.331 e. The molecule has 0 aliphatic carbocycles. The van der Waals surface area contributed by atoms with Gasteiger partial charge < -0.3 is 15.4 Å². The SMILES string of the molecule is Cc1cccc(NC(=O)CNC(=O)COC(=O)/C=C/c2ccccc2F)c1C. The number of carbonyl (C=O) groups excluding carboxylic acids is 3. The molecule has 28 heavy (non-hydrogen) atoms. The number of rotatable bonds is 7. The number of esters is 1. The molecule has 0 saturated heterocycles. The summed E-state index contributed by atoms with van der Waals surface area (Å²) in [5.74, 6) is -2.28. The number of nitrogens with one attached hydrogen (secondary N) is 2. The molecule has 0 bridgehead atoms. The van der Waals surface area contributed by atoms with Crippen LogP contribution in [0, 0.1) is 19.7 Å². The summed E-state index contributed by atoms with van der Waals surface area (Å²) in [4.78, 5) is 35.2. The van der Waals surface area contributed by atoms with E-state index in [0.29, 0.717) is 5.69 Å². The van der Waals surface area contributed by atoms with Crippen LogP contribution in [0.2, 0.25) is 0 Å². The fraction of sp³-hybridized carbons (Fsp3) is 0.190. The number of amides is 2. The number of aryl methyl sites for hydroxylation is 1. The van der Waals surface area contributed by atoms with Crippen LogP contribution in [0.3, 0.4) is 0 Å². The first-order valence-electron chi connectivity index (χ1n) is 8.59. The van der Waals surface area contributed by atoms with Crippen LogP contribution in [0.5, 0.6) is 0 Å². The van der Waals surface area contributed by atoms with Gasteiger partial charge in [0.2, 0.25) is 5.91 Å². The van der Waals surface area contributed by atoms with E-state index in [9.17, 15) is 18.8 Å². The fourth-order valence-electron chi connectivity index (χ4n) is 2.26. The summed E-state index contributed by atoms with van der Waals surface area (Å²) < 4.78 is 18.2. The van der Waals surface area contributed by atoms with Gasteiger partial charge in [-0.15, -0.1) is 0 Å². The molecule has 0 aliphatic heterocycles. The molecule has 0 aromatic heterocycles. The van der Waals surface area contributed by atoms with Gasteiger partial charge >= 0.3 is 5.97 Å². The normalized spacial score (nSPS) is 10.5. The van der Waals surface area contributed by atoms with Crippen molar-refractivity contribution in [3.05, 3.63) is 71.0 Å². The van der Waals surface area contributed by atoms with E-state index in [4.69, 9.17) is 4.74 Å². The maximum atomic E-state index is 13.4. The quantitative estimate of drug-likeness (QED) is 0.568. The molecule has 0 heterocycles. The Hall–Kier alpha value is -3.48.